The molecule has 0 radical (unpaired) electrons. The van der Waals surface area contributed by atoms with Gasteiger partial charge in [0.2, 0.25) is 0 Å². The van der Waals surface area contributed by atoms with E-state index in [1.54, 1.807) is 10.7 Å². The molecular weight excluding hydrogens is 240 g/mol. The molecular formula is C15H18N2O2. The largest absolute Gasteiger partial charge is 0.477 e. The van der Waals surface area contributed by atoms with E-state index in [1.165, 1.54) is 5.56 Å². The molecule has 1 heterocycles. The first-order chi connectivity index (χ1) is 8.97. The van der Waals surface area contributed by atoms with Crippen LogP contribution in [-0.2, 0) is 6.54 Å². The first-order valence-corrected chi connectivity index (χ1v) is 6.34. The number of benzene rings is 1. The van der Waals surface area contributed by atoms with E-state index in [-0.39, 0.29) is 11.6 Å². The lowest BCUT2D eigenvalue weighted by molar-refractivity contribution is 0.0684. The molecule has 0 amide bonds. The molecule has 0 fully saturated rings. The topological polar surface area (TPSA) is 55.1 Å². The predicted molar refractivity (Wildman–Crippen MR) is 73.6 cm³/mol. The lowest BCUT2D eigenvalue weighted by atomic mass is 10.1. The Balaban J connectivity index is 2.33. The van der Waals surface area contributed by atoms with Gasteiger partial charge in [0, 0.05) is 0 Å². The van der Waals surface area contributed by atoms with Crippen LogP contribution in [0.3, 0.4) is 0 Å². The zero-order chi connectivity index (χ0) is 14.0. The predicted octanol–water partition coefficient (Wildman–Crippen LogP) is 3.06. The molecule has 19 heavy (non-hydrogen) atoms. The van der Waals surface area contributed by atoms with Crippen molar-refractivity contribution in [3.8, 4) is 0 Å². The van der Waals surface area contributed by atoms with Crippen molar-refractivity contribution in [3.63, 3.8) is 0 Å². The summed E-state index contributed by atoms with van der Waals surface area (Å²) in [6.45, 7) is 6.51. The van der Waals surface area contributed by atoms with Crippen LogP contribution in [0, 0.1) is 6.92 Å². The van der Waals surface area contributed by atoms with Gasteiger partial charge in [0.1, 0.15) is 5.69 Å². The summed E-state index contributed by atoms with van der Waals surface area (Å²) in [5.74, 6) is -0.719. The van der Waals surface area contributed by atoms with Crippen molar-refractivity contribution in [2.24, 2.45) is 0 Å². The average molecular weight is 258 g/mol. The van der Waals surface area contributed by atoms with Gasteiger partial charge in [-0.1, -0.05) is 43.7 Å². The Morgan fingerprint density at radius 1 is 1.32 bits per heavy atom. The third-order valence-corrected chi connectivity index (χ3v) is 3.06. The highest BCUT2D eigenvalue weighted by Gasteiger charge is 2.16. The maximum Gasteiger partial charge on any atom is 0.354 e. The second-order valence-corrected chi connectivity index (χ2v) is 5.06. The molecule has 0 aliphatic heterocycles. The summed E-state index contributed by atoms with van der Waals surface area (Å²) in [7, 11) is 0. The number of hydrogen-bond donors (Lipinski definition) is 1. The number of hydrogen-bond acceptors (Lipinski definition) is 2. The van der Waals surface area contributed by atoms with Crippen LogP contribution < -0.4 is 0 Å². The molecule has 100 valence electrons. The van der Waals surface area contributed by atoms with Crippen molar-refractivity contribution in [3.05, 3.63) is 52.8 Å². The third-order valence-electron chi connectivity index (χ3n) is 3.06. The number of carboxylic acids is 1. The van der Waals surface area contributed by atoms with Gasteiger partial charge >= 0.3 is 5.97 Å². The van der Waals surface area contributed by atoms with Crippen molar-refractivity contribution < 1.29 is 9.90 Å². The standard InChI is InChI=1S/C15H18N2O2/c1-10(2)13-8-14(15(18)19)17(16-13)9-12-6-4-11(3)5-7-12/h4-8,10H,9H2,1-3H3,(H,18,19). The van der Waals surface area contributed by atoms with Crippen LogP contribution in [0.5, 0.6) is 0 Å². The van der Waals surface area contributed by atoms with Crippen molar-refractivity contribution >= 4 is 5.97 Å². The molecule has 0 aliphatic carbocycles. The fourth-order valence-corrected chi connectivity index (χ4v) is 1.88. The van der Waals surface area contributed by atoms with Crippen molar-refractivity contribution in [2.75, 3.05) is 0 Å². The lowest BCUT2D eigenvalue weighted by Gasteiger charge is -2.05. The average Bonchev–Trinajstić information content (AvgIpc) is 2.76. The molecule has 0 saturated heterocycles. The second-order valence-electron chi connectivity index (χ2n) is 5.06. The van der Waals surface area contributed by atoms with Crippen molar-refractivity contribution in [2.45, 2.75) is 33.2 Å². The molecule has 0 atom stereocenters. The van der Waals surface area contributed by atoms with Crippen molar-refractivity contribution in [1.29, 1.82) is 0 Å². The first kappa shape index (κ1) is 13.3. The normalized spacial score (nSPS) is 10.9. The summed E-state index contributed by atoms with van der Waals surface area (Å²) in [4.78, 5) is 11.2. The summed E-state index contributed by atoms with van der Waals surface area (Å²) in [6.07, 6.45) is 0. The Labute approximate surface area is 112 Å². The summed E-state index contributed by atoms with van der Waals surface area (Å²) in [6, 6.07) is 9.68. The molecule has 0 unspecified atom stereocenters. The van der Waals surface area contributed by atoms with Gasteiger partial charge in [-0.05, 0) is 24.5 Å². The maximum absolute atomic E-state index is 11.2. The zero-order valence-electron chi connectivity index (χ0n) is 11.4. The minimum Gasteiger partial charge on any atom is -0.477 e. The van der Waals surface area contributed by atoms with Crippen LogP contribution in [0.25, 0.3) is 0 Å². The molecule has 2 aromatic rings. The van der Waals surface area contributed by atoms with Gasteiger partial charge in [0.15, 0.2) is 0 Å². The number of aromatic nitrogens is 2. The number of aryl methyl sites for hydroxylation is 1. The SMILES string of the molecule is Cc1ccc(Cn2nc(C(C)C)cc2C(=O)O)cc1. The maximum atomic E-state index is 11.2. The van der Waals surface area contributed by atoms with E-state index in [2.05, 4.69) is 5.10 Å². The zero-order valence-corrected chi connectivity index (χ0v) is 11.4. The van der Waals surface area contributed by atoms with E-state index >= 15 is 0 Å². The minimum absolute atomic E-state index is 0.220. The fourth-order valence-electron chi connectivity index (χ4n) is 1.88. The molecule has 4 heteroatoms. The summed E-state index contributed by atoms with van der Waals surface area (Å²) in [5, 5.41) is 13.6. The number of carboxylic acid groups (broad SMARTS) is 1. The molecule has 2 rings (SSSR count). The van der Waals surface area contributed by atoms with E-state index in [1.807, 2.05) is 45.0 Å². The van der Waals surface area contributed by atoms with Gasteiger partial charge in [-0.25, -0.2) is 4.79 Å². The Hall–Kier alpha value is -2.10. The molecule has 1 N–H and O–H groups in total. The molecule has 0 bridgehead atoms. The monoisotopic (exact) mass is 258 g/mol. The Bertz CT molecular complexity index is 583. The summed E-state index contributed by atoms with van der Waals surface area (Å²) in [5.41, 5.74) is 3.28. The van der Waals surface area contributed by atoms with Crippen LogP contribution in [0.4, 0.5) is 0 Å². The van der Waals surface area contributed by atoms with Gasteiger partial charge in [-0.3, -0.25) is 4.68 Å². The summed E-state index contributed by atoms with van der Waals surface area (Å²) < 4.78 is 1.56. The van der Waals surface area contributed by atoms with E-state index in [4.69, 9.17) is 0 Å². The van der Waals surface area contributed by atoms with Crippen LogP contribution in [-0.4, -0.2) is 20.9 Å². The van der Waals surface area contributed by atoms with E-state index in [0.29, 0.717) is 6.54 Å². The Morgan fingerprint density at radius 2 is 1.95 bits per heavy atom. The minimum atomic E-state index is -0.938. The van der Waals surface area contributed by atoms with E-state index in [0.717, 1.165) is 11.3 Å². The number of aromatic carboxylic acids is 1. The molecule has 0 spiro atoms. The highest BCUT2D eigenvalue weighted by molar-refractivity contribution is 5.85. The van der Waals surface area contributed by atoms with Gasteiger partial charge in [0.05, 0.1) is 12.2 Å². The smallest absolute Gasteiger partial charge is 0.354 e. The highest BCUT2D eigenvalue weighted by Crippen LogP contribution is 2.16. The number of rotatable bonds is 4. The number of nitrogens with zero attached hydrogens (tertiary/aromatic N) is 2. The molecule has 1 aromatic carbocycles. The number of carbonyl (C=O) groups is 1. The third kappa shape index (κ3) is 3.02. The highest BCUT2D eigenvalue weighted by atomic mass is 16.4. The second kappa shape index (κ2) is 5.26. The van der Waals surface area contributed by atoms with E-state index in [9.17, 15) is 9.90 Å². The van der Waals surface area contributed by atoms with Gasteiger partial charge < -0.3 is 5.11 Å². The lowest BCUT2D eigenvalue weighted by Crippen LogP contribution is -2.11. The Morgan fingerprint density at radius 3 is 2.47 bits per heavy atom. The first-order valence-electron chi connectivity index (χ1n) is 6.34. The van der Waals surface area contributed by atoms with Gasteiger partial charge in [-0.2, -0.15) is 5.10 Å². The van der Waals surface area contributed by atoms with Gasteiger partial charge in [0.25, 0.3) is 0 Å². The van der Waals surface area contributed by atoms with Gasteiger partial charge in [-0.15, -0.1) is 0 Å². The quantitative estimate of drug-likeness (QED) is 0.917. The molecule has 0 aliphatic rings. The molecule has 1 aromatic heterocycles. The van der Waals surface area contributed by atoms with Crippen LogP contribution in [0.1, 0.15) is 47.1 Å². The van der Waals surface area contributed by atoms with E-state index < -0.39 is 5.97 Å². The van der Waals surface area contributed by atoms with Crippen molar-refractivity contribution in [1.82, 2.24) is 9.78 Å². The molecule has 0 saturated carbocycles. The molecule has 4 nitrogen and oxygen atoms in total. The fraction of sp³-hybridized carbons (Fsp3) is 0.333. The summed E-state index contributed by atoms with van der Waals surface area (Å²) >= 11 is 0. The van der Waals surface area contributed by atoms with Crippen LogP contribution >= 0.6 is 0 Å². The van der Waals surface area contributed by atoms with Crippen LogP contribution in [0.2, 0.25) is 0 Å². The van der Waals surface area contributed by atoms with Crippen LogP contribution in [0.15, 0.2) is 30.3 Å². The Kier molecular flexibility index (Phi) is 3.69.